The number of aromatic nitrogens is 2. The van der Waals surface area contributed by atoms with Crippen LogP contribution in [0.2, 0.25) is 0 Å². The second-order valence-corrected chi connectivity index (χ2v) is 5.37. The van der Waals surface area contributed by atoms with Gasteiger partial charge in [-0.15, -0.1) is 0 Å². The van der Waals surface area contributed by atoms with Gasteiger partial charge in [0.1, 0.15) is 0 Å². The molecule has 1 aliphatic rings. The third-order valence-corrected chi connectivity index (χ3v) is 4.33. The quantitative estimate of drug-likeness (QED) is 0.921. The molecule has 2 heterocycles. The van der Waals surface area contributed by atoms with Gasteiger partial charge in [-0.3, -0.25) is 4.68 Å². The fourth-order valence-electron chi connectivity index (χ4n) is 2.26. The molecule has 5 heteroatoms. The van der Waals surface area contributed by atoms with Crippen molar-refractivity contribution < 1.29 is 9.84 Å². The number of rotatable bonds is 4. The van der Waals surface area contributed by atoms with Crippen LogP contribution in [-0.4, -0.2) is 34.2 Å². The lowest BCUT2D eigenvalue weighted by molar-refractivity contribution is 0.0902. The fourth-order valence-corrected chi connectivity index (χ4v) is 3.04. The van der Waals surface area contributed by atoms with Crippen LogP contribution in [-0.2, 0) is 24.6 Å². The number of aliphatic hydroxyl groups excluding tert-OH is 1. The fraction of sp³-hybridized carbons (Fsp3) is 0.750. The second kappa shape index (κ2) is 5.50. The first-order valence-corrected chi connectivity index (χ1v) is 6.88. The number of aliphatic hydroxyl groups is 1. The van der Waals surface area contributed by atoms with Crippen molar-refractivity contribution >= 4 is 15.9 Å². The van der Waals surface area contributed by atoms with Crippen molar-refractivity contribution in [1.82, 2.24) is 9.78 Å². The summed E-state index contributed by atoms with van der Waals surface area (Å²) >= 11 is 3.57. The predicted molar refractivity (Wildman–Crippen MR) is 68.9 cm³/mol. The summed E-state index contributed by atoms with van der Waals surface area (Å²) in [6.45, 7) is 3.53. The molecule has 2 unspecified atom stereocenters. The molecule has 1 N–H and O–H groups in total. The lowest BCUT2D eigenvalue weighted by Crippen LogP contribution is -2.24. The Morgan fingerprint density at radius 1 is 1.65 bits per heavy atom. The van der Waals surface area contributed by atoms with E-state index in [1.54, 1.807) is 0 Å². The lowest BCUT2D eigenvalue weighted by atomic mass is 9.98. The summed E-state index contributed by atoms with van der Waals surface area (Å²) in [6.07, 6.45) is 2.15. The molecule has 0 bridgehead atoms. The number of hydrogen-bond donors (Lipinski definition) is 1. The van der Waals surface area contributed by atoms with E-state index in [1.807, 2.05) is 11.7 Å². The van der Waals surface area contributed by atoms with Crippen molar-refractivity contribution in [3.8, 4) is 0 Å². The van der Waals surface area contributed by atoms with Gasteiger partial charge in [0.05, 0.1) is 28.6 Å². The highest BCUT2D eigenvalue weighted by atomic mass is 79.9. The van der Waals surface area contributed by atoms with Crippen LogP contribution in [0.3, 0.4) is 0 Å². The zero-order valence-corrected chi connectivity index (χ0v) is 11.9. The Morgan fingerprint density at radius 3 is 2.94 bits per heavy atom. The van der Waals surface area contributed by atoms with E-state index in [9.17, 15) is 5.11 Å². The highest BCUT2D eigenvalue weighted by Crippen LogP contribution is 2.26. The molecule has 1 aromatic rings. The van der Waals surface area contributed by atoms with Crippen molar-refractivity contribution in [3.63, 3.8) is 0 Å². The maximum atomic E-state index is 10.2. The van der Waals surface area contributed by atoms with Crippen molar-refractivity contribution in [1.29, 1.82) is 0 Å². The first-order chi connectivity index (χ1) is 8.13. The molecule has 2 atom stereocenters. The number of halogens is 1. The summed E-state index contributed by atoms with van der Waals surface area (Å²) in [5.74, 6) is 0.266. The van der Waals surface area contributed by atoms with Gasteiger partial charge in [-0.2, -0.15) is 5.10 Å². The Hall–Kier alpha value is -0.390. The van der Waals surface area contributed by atoms with Gasteiger partial charge >= 0.3 is 0 Å². The smallest absolute Gasteiger partial charge is 0.0766 e. The van der Waals surface area contributed by atoms with Crippen LogP contribution in [0.25, 0.3) is 0 Å². The maximum absolute atomic E-state index is 10.2. The lowest BCUT2D eigenvalue weighted by Gasteiger charge is -2.16. The summed E-state index contributed by atoms with van der Waals surface area (Å²) in [4.78, 5) is 0. The summed E-state index contributed by atoms with van der Waals surface area (Å²) in [5.41, 5.74) is 2.12. The van der Waals surface area contributed by atoms with Gasteiger partial charge < -0.3 is 9.84 Å². The largest absolute Gasteiger partial charge is 0.392 e. The van der Waals surface area contributed by atoms with Crippen LogP contribution in [0, 0.1) is 5.92 Å². The molecular formula is C12H19BrN2O2. The summed E-state index contributed by atoms with van der Waals surface area (Å²) in [5, 5.41) is 14.6. The summed E-state index contributed by atoms with van der Waals surface area (Å²) in [7, 11) is 1.93. The number of aryl methyl sites for hydroxylation is 2. The SMILES string of the molecule is CCc1nn(C)c(CC(O)C2CCOC2)c1Br. The molecule has 1 aliphatic heterocycles. The van der Waals surface area contributed by atoms with Crippen LogP contribution in [0.4, 0.5) is 0 Å². The second-order valence-electron chi connectivity index (χ2n) is 4.58. The molecule has 1 saturated heterocycles. The van der Waals surface area contributed by atoms with Gasteiger partial charge in [-0.05, 0) is 28.8 Å². The first kappa shape index (κ1) is 13.1. The van der Waals surface area contributed by atoms with E-state index in [4.69, 9.17) is 4.74 Å². The van der Waals surface area contributed by atoms with E-state index in [2.05, 4.69) is 28.0 Å². The molecule has 96 valence electrons. The zero-order valence-electron chi connectivity index (χ0n) is 10.3. The highest BCUT2D eigenvalue weighted by Gasteiger charge is 2.26. The van der Waals surface area contributed by atoms with Crippen molar-refractivity contribution in [3.05, 3.63) is 15.9 Å². The van der Waals surface area contributed by atoms with E-state index in [0.717, 1.165) is 35.3 Å². The Bertz CT molecular complexity index is 386. The van der Waals surface area contributed by atoms with Gasteiger partial charge in [0.2, 0.25) is 0 Å². The van der Waals surface area contributed by atoms with Gasteiger partial charge in [0.15, 0.2) is 0 Å². The minimum absolute atomic E-state index is 0.266. The molecule has 1 aromatic heterocycles. The van der Waals surface area contributed by atoms with Crippen LogP contribution in [0.1, 0.15) is 24.7 Å². The molecule has 17 heavy (non-hydrogen) atoms. The van der Waals surface area contributed by atoms with Gasteiger partial charge in [0.25, 0.3) is 0 Å². The van der Waals surface area contributed by atoms with E-state index in [0.29, 0.717) is 13.0 Å². The zero-order chi connectivity index (χ0) is 12.4. The highest BCUT2D eigenvalue weighted by molar-refractivity contribution is 9.10. The third kappa shape index (κ3) is 2.72. The average molecular weight is 303 g/mol. The Balaban J connectivity index is 2.09. The van der Waals surface area contributed by atoms with E-state index >= 15 is 0 Å². The van der Waals surface area contributed by atoms with E-state index in [-0.39, 0.29) is 12.0 Å². The predicted octanol–water partition coefficient (Wildman–Crippen LogP) is 1.68. The Morgan fingerprint density at radius 2 is 2.41 bits per heavy atom. The molecule has 0 radical (unpaired) electrons. The number of ether oxygens (including phenoxy) is 1. The van der Waals surface area contributed by atoms with Crippen molar-refractivity contribution in [2.75, 3.05) is 13.2 Å². The van der Waals surface area contributed by atoms with Crippen LogP contribution < -0.4 is 0 Å². The van der Waals surface area contributed by atoms with Crippen LogP contribution >= 0.6 is 15.9 Å². The molecule has 0 amide bonds. The third-order valence-electron chi connectivity index (χ3n) is 3.41. The Labute approximate surface area is 110 Å². The van der Waals surface area contributed by atoms with Crippen LogP contribution in [0.5, 0.6) is 0 Å². The minimum Gasteiger partial charge on any atom is -0.392 e. The standard InChI is InChI=1S/C12H19BrN2O2/c1-3-9-12(13)10(15(2)14-9)6-11(16)8-4-5-17-7-8/h8,11,16H,3-7H2,1-2H3. The topological polar surface area (TPSA) is 47.3 Å². The maximum Gasteiger partial charge on any atom is 0.0766 e. The van der Waals surface area contributed by atoms with Crippen molar-refractivity contribution in [2.24, 2.45) is 13.0 Å². The summed E-state index contributed by atoms with van der Waals surface area (Å²) in [6, 6.07) is 0. The van der Waals surface area contributed by atoms with Gasteiger partial charge in [0, 0.05) is 26.0 Å². The molecule has 4 nitrogen and oxygen atoms in total. The molecule has 0 saturated carbocycles. The molecule has 0 aliphatic carbocycles. The number of hydrogen-bond acceptors (Lipinski definition) is 3. The van der Waals surface area contributed by atoms with Crippen molar-refractivity contribution in [2.45, 2.75) is 32.3 Å². The van der Waals surface area contributed by atoms with E-state index in [1.165, 1.54) is 0 Å². The normalized spacial score (nSPS) is 22.0. The first-order valence-electron chi connectivity index (χ1n) is 6.09. The average Bonchev–Trinajstić information content (AvgIpc) is 2.92. The monoisotopic (exact) mass is 302 g/mol. The molecule has 0 spiro atoms. The molecule has 1 fully saturated rings. The minimum atomic E-state index is -0.339. The molecular weight excluding hydrogens is 284 g/mol. The molecule has 0 aromatic carbocycles. The van der Waals surface area contributed by atoms with Crippen LogP contribution in [0.15, 0.2) is 4.47 Å². The van der Waals surface area contributed by atoms with Gasteiger partial charge in [-0.1, -0.05) is 6.92 Å². The van der Waals surface area contributed by atoms with Gasteiger partial charge in [-0.25, -0.2) is 0 Å². The summed E-state index contributed by atoms with van der Waals surface area (Å²) < 4.78 is 8.21. The van der Waals surface area contributed by atoms with E-state index < -0.39 is 0 Å². The number of nitrogens with zero attached hydrogens (tertiary/aromatic N) is 2. The molecule has 2 rings (SSSR count). The Kier molecular flexibility index (Phi) is 4.22.